The first-order valence-electron chi connectivity index (χ1n) is 4.56. The van der Waals surface area contributed by atoms with E-state index in [2.05, 4.69) is 0 Å². The number of likely N-dealkylation sites (N-methyl/N-ethyl adjacent to an activating group) is 1. The van der Waals surface area contributed by atoms with Crippen LogP contribution in [-0.2, 0) is 4.79 Å². The molecule has 12 heavy (non-hydrogen) atoms. The van der Waals surface area contributed by atoms with Gasteiger partial charge in [0.25, 0.3) is 0 Å². The summed E-state index contributed by atoms with van der Waals surface area (Å²) in [4.78, 5) is 13.2. The Hall–Kier alpha value is -0.570. The van der Waals surface area contributed by atoms with Crippen molar-refractivity contribution in [2.45, 2.75) is 27.2 Å². The van der Waals surface area contributed by atoms with Crippen molar-refractivity contribution in [2.75, 3.05) is 19.7 Å². The van der Waals surface area contributed by atoms with Crippen molar-refractivity contribution in [3.8, 4) is 0 Å². The highest BCUT2D eigenvalue weighted by molar-refractivity contribution is 5.78. The maximum atomic E-state index is 11.5. The zero-order valence-corrected chi connectivity index (χ0v) is 8.21. The summed E-state index contributed by atoms with van der Waals surface area (Å²) < 4.78 is 0. The van der Waals surface area contributed by atoms with Gasteiger partial charge in [0.05, 0.1) is 6.61 Å². The molecular formula is C9H19NO2. The molecule has 1 atom stereocenters. The van der Waals surface area contributed by atoms with E-state index in [0.717, 1.165) is 6.42 Å². The van der Waals surface area contributed by atoms with E-state index < -0.39 is 0 Å². The molecule has 0 radical (unpaired) electrons. The largest absolute Gasteiger partial charge is 0.395 e. The van der Waals surface area contributed by atoms with Gasteiger partial charge < -0.3 is 10.0 Å². The third-order valence-corrected chi connectivity index (χ3v) is 2.10. The van der Waals surface area contributed by atoms with Crippen LogP contribution >= 0.6 is 0 Å². The minimum absolute atomic E-state index is 0.0516. The Morgan fingerprint density at radius 2 is 2.08 bits per heavy atom. The van der Waals surface area contributed by atoms with Crippen LogP contribution in [0.3, 0.4) is 0 Å². The average molecular weight is 173 g/mol. The summed E-state index contributed by atoms with van der Waals surface area (Å²) in [5.41, 5.74) is 0. The normalized spacial score (nSPS) is 12.7. The van der Waals surface area contributed by atoms with Crippen LogP contribution in [-0.4, -0.2) is 35.6 Å². The van der Waals surface area contributed by atoms with E-state index in [1.165, 1.54) is 0 Å². The van der Waals surface area contributed by atoms with Gasteiger partial charge in [0.15, 0.2) is 0 Å². The first kappa shape index (κ1) is 11.4. The van der Waals surface area contributed by atoms with Gasteiger partial charge in [-0.25, -0.2) is 0 Å². The van der Waals surface area contributed by atoms with E-state index in [0.29, 0.717) is 13.1 Å². The Morgan fingerprint density at radius 3 is 2.42 bits per heavy atom. The summed E-state index contributed by atoms with van der Waals surface area (Å²) in [6.45, 7) is 7.03. The van der Waals surface area contributed by atoms with E-state index in [9.17, 15) is 4.79 Å². The summed E-state index contributed by atoms with van der Waals surface area (Å²) in [5.74, 6) is 0.227. The van der Waals surface area contributed by atoms with Crippen LogP contribution in [0.2, 0.25) is 0 Å². The zero-order chi connectivity index (χ0) is 9.56. The first-order chi connectivity index (χ1) is 5.67. The van der Waals surface area contributed by atoms with Crippen LogP contribution in [0.25, 0.3) is 0 Å². The van der Waals surface area contributed by atoms with E-state index in [1.54, 1.807) is 4.90 Å². The highest BCUT2D eigenvalue weighted by atomic mass is 16.3. The molecule has 0 aromatic carbocycles. The van der Waals surface area contributed by atoms with Crippen molar-refractivity contribution in [1.29, 1.82) is 0 Å². The Morgan fingerprint density at radius 1 is 1.50 bits per heavy atom. The molecule has 0 saturated heterocycles. The Bertz CT molecular complexity index is 136. The lowest BCUT2D eigenvalue weighted by Gasteiger charge is -2.22. The zero-order valence-electron chi connectivity index (χ0n) is 8.21. The molecule has 0 spiro atoms. The van der Waals surface area contributed by atoms with Crippen molar-refractivity contribution in [3.63, 3.8) is 0 Å². The molecule has 0 aliphatic rings. The molecule has 0 saturated carbocycles. The van der Waals surface area contributed by atoms with Crippen molar-refractivity contribution in [2.24, 2.45) is 5.92 Å². The van der Waals surface area contributed by atoms with Crippen LogP contribution in [0, 0.1) is 5.92 Å². The average Bonchev–Trinajstić information content (AvgIpc) is 2.11. The minimum atomic E-state index is 0.0516. The SMILES string of the molecule is CCC(C)C(=O)N(CC)CCO. The van der Waals surface area contributed by atoms with Gasteiger partial charge >= 0.3 is 0 Å². The van der Waals surface area contributed by atoms with Crippen molar-refractivity contribution in [3.05, 3.63) is 0 Å². The van der Waals surface area contributed by atoms with Gasteiger partial charge in [0, 0.05) is 19.0 Å². The molecule has 0 aromatic rings. The number of aliphatic hydroxyl groups excluding tert-OH is 1. The second-order valence-corrected chi connectivity index (χ2v) is 2.95. The molecule has 0 fully saturated rings. The molecule has 0 aliphatic carbocycles. The molecule has 0 bridgehead atoms. The topological polar surface area (TPSA) is 40.5 Å². The number of hydrogen-bond acceptors (Lipinski definition) is 2. The predicted molar refractivity (Wildman–Crippen MR) is 48.8 cm³/mol. The summed E-state index contributed by atoms with van der Waals surface area (Å²) >= 11 is 0. The second kappa shape index (κ2) is 6.00. The van der Waals surface area contributed by atoms with Crippen molar-refractivity contribution in [1.82, 2.24) is 4.90 Å². The lowest BCUT2D eigenvalue weighted by atomic mass is 10.1. The maximum Gasteiger partial charge on any atom is 0.225 e. The monoisotopic (exact) mass is 173 g/mol. The fourth-order valence-corrected chi connectivity index (χ4v) is 1.03. The van der Waals surface area contributed by atoms with Gasteiger partial charge in [-0.15, -0.1) is 0 Å². The Labute approximate surface area is 74.4 Å². The van der Waals surface area contributed by atoms with Crippen LogP contribution in [0.1, 0.15) is 27.2 Å². The van der Waals surface area contributed by atoms with Crippen molar-refractivity contribution < 1.29 is 9.90 Å². The van der Waals surface area contributed by atoms with Crippen LogP contribution in [0.5, 0.6) is 0 Å². The number of nitrogens with zero attached hydrogens (tertiary/aromatic N) is 1. The fraction of sp³-hybridized carbons (Fsp3) is 0.889. The van der Waals surface area contributed by atoms with E-state index in [1.807, 2.05) is 20.8 Å². The number of hydrogen-bond donors (Lipinski definition) is 1. The maximum absolute atomic E-state index is 11.5. The van der Waals surface area contributed by atoms with Gasteiger partial charge in [0.2, 0.25) is 5.91 Å². The lowest BCUT2D eigenvalue weighted by Crippen LogP contribution is -2.36. The quantitative estimate of drug-likeness (QED) is 0.670. The Balaban J connectivity index is 4.01. The molecule has 3 heteroatoms. The highest BCUT2D eigenvalue weighted by Crippen LogP contribution is 2.05. The molecule has 72 valence electrons. The van der Waals surface area contributed by atoms with Gasteiger partial charge in [-0.2, -0.15) is 0 Å². The van der Waals surface area contributed by atoms with Crippen molar-refractivity contribution >= 4 is 5.91 Å². The molecule has 3 nitrogen and oxygen atoms in total. The molecule has 1 amide bonds. The number of carbonyl (C=O) groups is 1. The number of carbonyl (C=O) groups excluding carboxylic acids is 1. The fourth-order valence-electron chi connectivity index (χ4n) is 1.03. The standard InChI is InChI=1S/C9H19NO2/c1-4-8(3)9(12)10(5-2)6-7-11/h8,11H,4-7H2,1-3H3. The molecule has 1 unspecified atom stereocenters. The van der Waals surface area contributed by atoms with Crippen LogP contribution in [0.15, 0.2) is 0 Å². The predicted octanol–water partition coefficient (Wildman–Crippen LogP) is 0.873. The molecule has 0 aromatic heterocycles. The summed E-state index contributed by atoms with van der Waals surface area (Å²) in [7, 11) is 0. The summed E-state index contributed by atoms with van der Waals surface area (Å²) in [6, 6.07) is 0. The molecule has 0 rings (SSSR count). The van der Waals surface area contributed by atoms with Crippen LogP contribution < -0.4 is 0 Å². The first-order valence-corrected chi connectivity index (χ1v) is 4.56. The van der Waals surface area contributed by atoms with Gasteiger partial charge in [-0.1, -0.05) is 13.8 Å². The number of aliphatic hydroxyl groups is 1. The molecular weight excluding hydrogens is 154 g/mol. The highest BCUT2D eigenvalue weighted by Gasteiger charge is 2.16. The molecule has 1 N–H and O–H groups in total. The summed E-state index contributed by atoms with van der Waals surface area (Å²) in [5, 5.41) is 8.68. The van der Waals surface area contributed by atoms with E-state index in [4.69, 9.17) is 5.11 Å². The Kier molecular flexibility index (Phi) is 5.72. The number of amides is 1. The molecule has 0 aliphatic heterocycles. The summed E-state index contributed by atoms with van der Waals surface area (Å²) in [6.07, 6.45) is 0.862. The lowest BCUT2D eigenvalue weighted by molar-refractivity contribution is -0.135. The van der Waals surface area contributed by atoms with E-state index in [-0.39, 0.29) is 18.4 Å². The third kappa shape index (κ3) is 3.22. The molecule has 0 heterocycles. The van der Waals surface area contributed by atoms with E-state index >= 15 is 0 Å². The number of rotatable bonds is 5. The third-order valence-electron chi connectivity index (χ3n) is 2.10. The van der Waals surface area contributed by atoms with Gasteiger partial charge in [-0.3, -0.25) is 4.79 Å². The minimum Gasteiger partial charge on any atom is -0.395 e. The van der Waals surface area contributed by atoms with Crippen LogP contribution in [0.4, 0.5) is 0 Å². The van der Waals surface area contributed by atoms with Gasteiger partial charge in [-0.05, 0) is 13.3 Å². The van der Waals surface area contributed by atoms with Gasteiger partial charge in [0.1, 0.15) is 0 Å². The smallest absolute Gasteiger partial charge is 0.225 e. The second-order valence-electron chi connectivity index (χ2n) is 2.95.